The van der Waals surface area contributed by atoms with E-state index >= 15 is 0 Å². The van der Waals surface area contributed by atoms with E-state index in [1.807, 2.05) is 36.1 Å². The number of carbonyl (C=O) groups is 2. The van der Waals surface area contributed by atoms with Crippen molar-refractivity contribution in [1.82, 2.24) is 9.80 Å². The van der Waals surface area contributed by atoms with Gasteiger partial charge in [-0.3, -0.25) is 9.69 Å². The highest BCUT2D eigenvalue weighted by molar-refractivity contribution is 5.96. The van der Waals surface area contributed by atoms with Crippen molar-refractivity contribution in [3.63, 3.8) is 0 Å². The molecule has 0 N–H and O–H groups in total. The number of ether oxygens (including phenoxy) is 1. The lowest BCUT2D eigenvalue weighted by atomic mass is 10.0. The molecule has 1 unspecified atom stereocenters. The first-order valence-corrected chi connectivity index (χ1v) is 9.15. The maximum atomic E-state index is 12.6. The van der Waals surface area contributed by atoms with Crippen molar-refractivity contribution >= 4 is 17.6 Å². The lowest BCUT2D eigenvalue weighted by Gasteiger charge is -2.32. The Labute approximate surface area is 149 Å². The number of rotatable bonds is 5. The topological polar surface area (TPSA) is 53.1 Å². The van der Waals surface area contributed by atoms with Gasteiger partial charge in [0, 0.05) is 31.9 Å². The number of piperidine rings is 1. The highest BCUT2D eigenvalue weighted by Crippen LogP contribution is 2.24. The van der Waals surface area contributed by atoms with Gasteiger partial charge in [-0.15, -0.1) is 0 Å². The molecule has 3 amide bonds. The Morgan fingerprint density at radius 2 is 1.96 bits per heavy atom. The molecule has 2 fully saturated rings. The molecule has 2 aliphatic rings. The van der Waals surface area contributed by atoms with Crippen molar-refractivity contribution in [3.8, 4) is 5.75 Å². The van der Waals surface area contributed by atoms with Crippen LogP contribution in [0.5, 0.6) is 5.75 Å². The molecule has 6 heteroatoms. The summed E-state index contributed by atoms with van der Waals surface area (Å²) in [6, 6.07) is 7.42. The second-order valence-electron chi connectivity index (χ2n) is 6.87. The Kier molecular flexibility index (Phi) is 5.46. The number of hydrogen-bond donors (Lipinski definition) is 0. The van der Waals surface area contributed by atoms with Crippen molar-refractivity contribution < 1.29 is 14.3 Å². The molecule has 1 aromatic carbocycles. The number of urea groups is 1. The summed E-state index contributed by atoms with van der Waals surface area (Å²) in [7, 11) is 0. The Hall–Kier alpha value is -2.24. The molecule has 2 aliphatic heterocycles. The maximum absolute atomic E-state index is 12.6. The minimum absolute atomic E-state index is 0.0634. The number of benzene rings is 1. The normalized spacial score (nSPS) is 21.0. The van der Waals surface area contributed by atoms with Gasteiger partial charge < -0.3 is 14.5 Å². The molecule has 2 heterocycles. The molecule has 0 aromatic heterocycles. The maximum Gasteiger partial charge on any atom is 0.325 e. The summed E-state index contributed by atoms with van der Waals surface area (Å²) in [4.78, 5) is 30.4. The molecule has 1 aromatic rings. The second kappa shape index (κ2) is 7.76. The van der Waals surface area contributed by atoms with E-state index in [0.29, 0.717) is 25.6 Å². The predicted octanol–water partition coefficient (Wildman–Crippen LogP) is 2.59. The SMILES string of the molecule is CCOc1ccc(N2CCN(CC(=O)N3CCCC(C)C3)C2=O)cc1. The highest BCUT2D eigenvalue weighted by Gasteiger charge is 2.32. The smallest absolute Gasteiger partial charge is 0.325 e. The fourth-order valence-corrected chi connectivity index (χ4v) is 3.54. The van der Waals surface area contributed by atoms with Crippen LogP contribution in [-0.4, -0.2) is 61.1 Å². The van der Waals surface area contributed by atoms with Crippen LogP contribution in [0.4, 0.5) is 10.5 Å². The van der Waals surface area contributed by atoms with E-state index < -0.39 is 0 Å². The minimum atomic E-state index is -0.0948. The summed E-state index contributed by atoms with van der Waals surface area (Å²) < 4.78 is 5.44. The van der Waals surface area contributed by atoms with E-state index in [0.717, 1.165) is 30.9 Å². The summed E-state index contributed by atoms with van der Waals surface area (Å²) in [5.74, 6) is 1.41. The van der Waals surface area contributed by atoms with Crippen molar-refractivity contribution in [1.29, 1.82) is 0 Å². The zero-order chi connectivity index (χ0) is 17.8. The van der Waals surface area contributed by atoms with Gasteiger partial charge in [-0.1, -0.05) is 6.92 Å². The zero-order valence-electron chi connectivity index (χ0n) is 15.1. The molecule has 0 bridgehead atoms. The summed E-state index contributed by atoms with van der Waals surface area (Å²) >= 11 is 0. The van der Waals surface area contributed by atoms with Crippen molar-refractivity contribution in [2.45, 2.75) is 26.7 Å². The van der Waals surface area contributed by atoms with Gasteiger partial charge in [-0.2, -0.15) is 0 Å². The van der Waals surface area contributed by atoms with E-state index in [-0.39, 0.29) is 18.5 Å². The van der Waals surface area contributed by atoms with Crippen LogP contribution >= 0.6 is 0 Å². The third-order valence-corrected chi connectivity index (χ3v) is 4.89. The minimum Gasteiger partial charge on any atom is -0.494 e. The van der Waals surface area contributed by atoms with Crippen LogP contribution in [0.1, 0.15) is 26.7 Å². The number of anilines is 1. The third-order valence-electron chi connectivity index (χ3n) is 4.89. The lowest BCUT2D eigenvalue weighted by molar-refractivity contribution is -0.133. The van der Waals surface area contributed by atoms with Crippen LogP contribution in [-0.2, 0) is 4.79 Å². The molecule has 0 radical (unpaired) electrons. The Morgan fingerprint density at radius 3 is 2.64 bits per heavy atom. The van der Waals surface area contributed by atoms with Gasteiger partial charge in [0.2, 0.25) is 5.91 Å². The van der Waals surface area contributed by atoms with Gasteiger partial charge in [-0.05, 0) is 49.9 Å². The Bertz CT molecular complexity index is 617. The molecule has 2 saturated heterocycles. The second-order valence-corrected chi connectivity index (χ2v) is 6.87. The highest BCUT2D eigenvalue weighted by atomic mass is 16.5. The molecule has 3 rings (SSSR count). The van der Waals surface area contributed by atoms with E-state index in [2.05, 4.69) is 6.92 Å². The molecular weight excluding hydrogens is 318 g/mol. The van der Waals surface area contributed by atoms with Gasteiger partial charge >= 0.3 is 6.03 Å². The predicted molar refractivity (Wildman–Crippen MR) is 96.9 cm³/mol. The molecule has 136 valence electrons. The van der Waals surface area contributed by atoms with Crippen LogP contribution in [0.2, 0.25) is 0 Å². The summed E-state index contributed by atoms with van der Waals surface area (Å²) in [5, 5.41) is 0. The quantitative estimate of drug-likeness (QED) is 0.824. The average molecular weight is 345 g/mol. The summed E-state index contributed by atoms with van der Waals surface area (Å²) in [5.41, 5.74) is 0.843. The molecular formula is C19H27N3O3. The van der Waals surface area contributed by atoms with E-state index in [1.54, 1.807) is 9.80 Å². The number of carbonyl (C=O) groups excluding carboxylic acids is 2. The first-order valence-electron chi connectivity index (χ1n) is 9.15. The molecule has 0 saturated carbocycles. The lowest BCUT2D eigenvalue weighted by Crippen LogP contribution is -2.45. The molecule has 0 spiro atoms. The van der Waals surface area contributed by atoms with Crippen molar-refractivity contribution in [2.24, 2.45) is 5.92 Å². The zero-order valence-corrected chi connectivity index (χ0v) is 15.1. The first-order chi connectivity index (χ1) is 12.1. The molecule has 6 nitrogen and oxygen atoms in total. The van der Waals surface area contributed by atoms with Crippen LogP contribution in [0.15, 0.2) is 24.3 Å². The first kappa shape index (κ1) is 17.6. The third kappa shape index (κ3) is 4.06. The van der Waals surface area contributed by atoms with Gasteiger partial charge in [0.05, 0.1) is 6.61 Å². The van der Waals surface area contributed by atoms with Crippen molar-refractivity contribution in [3.05, 3.63) is 24.3 Å². The van der Waals surface area contributed by atoms with Crippen LogP contribution in [0.25, 0.3) is 0 Å². The number of amides is 3. The molecule has 1 atom stereocenters. The number of nitrogens with zero attached hydrogens (tertiary/aromatic N) is 3. The monoisotopic (exact) mass is 345 g/mol. The summed E-state index contributed by atoms with van der Waals surface area (Å²) in [6.45, 7) is 7.73. The van der Waals surface area contributed by atoms with E-state index in [9.17, 15) is 9.59 Å². The standard InChI is InChI=1S/C19H27N3O3/c1-3-25-17-8-6-16(7-9-17)22-12-11-21(19(22)24)14-18(23)20-10-4-5-15(2)13-20/h6-9,15H,3-5,10-14H2,1-2H3. The van der Waals surface area contributed by atoms with Gasteiger partial charge in [-0.25, -0.2) is 4.79 Å². The average Bonchev–Trinajstić information content (AvgIpc) is 2.97. The van der Waals surface area contributed by atoms with Crippen LogP contribution in [0, 0.1) is 5.92 Å². The fraction of sp³-hybridized carbons (Fsp3) is 0.579. The van der Waals surface area contributed by atoms with Crippen LogP contribution < -0.4 is 9.64 Å². The van der Waals surface area contributed by atoms with E-state index in [1.165, 1.54) is 6.42 Å². The van der Waals surface area contributed by atoms with Gasteiger partial charge in [0.25, 0.3) is 0 Å². The molecule has 0 aliphatic carbocycles. The summed E-state index contributed by atoms with van der Waals surface area (Å²) in [6.07, 6.45) is 2.23. The van der Waals surface area contributed by atoms with Crippen LogP contribution in [0.3, 0.4) is 0 Å². The fourth-order valence-electron chi connectivity index (χ4n) is 3.54. The van der Waals surface area contributed by atoms with Crippen molar-refractivity contribution in [2.75, 3.05) is 44.2 Å². The van der Waals surface area contributed by atoms with E-state index in [4.69, 9.17) is 4.74 Å². The number of likely N-dealkylation sites (tertiary alicyclic amines) is 1. The molecule has 25 heavy (non-hydrogen) atoms. The Balaban J connectivity index is 1.58. The van der Waals surface area contributed by atoms with Gasteiger partial charge in [0.15, 0.2) is 0 Å². The number of hydrogen-bond acceptors (Lipinski definition) is 3. The Morgan fingerprint density at radius 1 is 1.20 bits per heavy atom. The van der Waals surface area contributed by atoms with Gasteiger partial charge in [0.1, 0.15) is 12.3 Å². The largest absolute Gasteiger partial charge is 0.494 e.